The van der Waals surface area contributed by atoms with E-state index >= 15 is 0 Å². The molecule has 1 unspecified atom stereocenters. The Morgan fingerprint density at radius 3 is 2.58 bits per heavy atom. The molecule has 7 heteroatoms. The number of likely N-dealkylation sites (tertiary alicyclic amines) is 1. The number of fused-ring (bicyclic) bond motifs is 1. The van der Waals surface area contributed by atoms with Crippen LogP contribution in [0.15, 0.2) is 65.8 Å². The van der Waals surface area contributed by atoms with E-state index in [1.165, 1.54) is 6.07 Å². The first-order chi connectivity index (χ1) is 16.2. The number of halogens is 1. The number of piperidine rings is 1. The van der Waals surface area contributed by atoms with Crippen LogP contribution in [0, 0.1) is 5.82 Å². The number of aliphatic imine (C=N–C) groups is 1. The van der Waals surface area contributed by atoms with Crippen molar-refractivity contribution in [3.8, 4) is 0 Å². The van der Waals surface area contributed by atoms with Crippen LogP contribution in [0.4, 0.5) is 21.7 Å². The molecule has 5 rings (SSSR count). The molecule has 0 amide bonds. The predicted molar refractivity (Wildman–Crippen MR) is 131 cm³/mol. The first-order valence-corrected chi connectivity index (χ1v) is 11.6. The minimum atomic E-state index is -0.336. The molecular formula is C26H29FN6. The van der Waals surface area contributed by atoms with Crippen molar-refractivity contribution in [3.05, 3.63) is 77.9 Å². The number of hydrogen-bond donors (Lipinski definition) is 2. The molecule has 3 heterocycles. The van der Waals surface area contributed by atoms with E-state index in [0.717, 1.165) is 55.7 Å². The fraction of sp³-hybridized carbons (Fsp3) is 0.346. The average Bonchev–Trinajstić information content (AvgIpc) is 3.01. The van der Waals surface area contributed by atoms with Crippen molar-refractivity contribution in [2.45, 2.75) is 37.6 Å². The highest BCUT2D eigenvalue weighted by molar-refractivity contribution is 6.02. The van der Waals surface area contributed by atoms with Crippen molar-refractivity contribution in [2.24, 2.45) is 4.99 Å². The van der Waals surface area contributed by atoms with Crippen LogP contribution in [0.1, 0.15) is 36.4 Å². The number of aryl methyl sites for hydroxylation is 1. The van der Waals surface area contributed by atoms with Gasteiger partial charge >= 0.3 is 0 Å². The van der Waals surface area contributed by atoms with Gasteiger partial charge in [-0.3, -0.25) is 0 Å². The molecule has 0 saturated carbocycles. The van der Waals surface area contributed by atoms with Gasteiger partial charge in [-0.25, -0.2) is 19.4 Å². The highest BCUT2D eigenvalue weighted by Crippen LogP contribution is 2.32. The van der Waals surface area contributed by atoms with Gasteiger partial charge in [-0.15, -0.1) is 0 Å². The summed E-state index contributed by atoms with van der Waals surface area (Å²) in [5.74, 6) is 1.06. The van der Waals surface area contributed by atoms with Crippen LogP contribution in [0.5, 0.6) is 0 Å². The van der Waals surface area contributed by atoms with Crippen LogP contribution in [0.25, 0.3) is 0 Å². The smallest absolute Gasteiger partial charge is 0.223 e. The van der Waals surface area contributed by atoms with E-state index in [9.17, 15) is 4.39 Å². The number of anilines is 2. The second-order valence-electron chi connectivity index (χ2n) is 8.85. The lowest BCUT2D eigenvalue weighted by Gasteiger charge is -2.29. The predicted octanol–water partition coefficient (Wildman–Crippen LogP) is 4.99. The van der Waals surface area contributed by atoms with E-state index in [1.807, 2.05) is 24.4 Å². The van der Waals surface area contributed by atoms with Crippen LogP contribution in [0.3, 0.4) is 0 Å². The molecule has 33 heavy (non-hydrogen) atoms. The van der Waals surface area contributed by atoms with E-state index in [2.05, 4.69) is 39.7 Å². The molecule has 1 fully saturated rings. The molecule has 6 nitrogen and oxygen atoms in total. The Morgan fingerprint density at radius 1 is 1.03 bits per heavy atom. The Bertz CT molecular complexity index is 1120. The Hall–Kier alpha value is -3.32. The number of benzene rings is 2. The van der Waals surface area contributed by atoms with Gasteiger partial charge in [0.25, 0.3) is 0 Å². The zero-order chi connectivity index (χ0) is 22.6. The summed E-state index contributed by atoms with van der Waals surface area (Å²) in [6, 6.07) is 17.3. The fourth-order valence-corrected chi connectivity index (χ4v) is 4.55. The summed E-state index contributed by atoms with van der Waals surface area (Å²) in [6.45, 7) is 2.16. The summed E-state index contributed by atoms with van der Waals surface area (Å²) in [7, 11) is 2.16. The summed E-state index contributed by atoms with van der Waals surface area (Å²) >= 11 is 0. The molecule has 1 atom stereocenters. The maximum absolute atomic E-state index is 14.4. The maximum atomic E-state index is 14.4. The molecule has 1 saturated heterocycles. The molecule has 2 aromatic carbocycles. The van der Waals surface area contributed by atoms with E-state index in [0.29, 0.717) is 23.5 Å². The second-order valence-corrected chi connectivity index (χ2v) is 8.85. The largest absolute Gasteiger partial charge is 0.351 e. The van der Waals surface area contributed by atoms with Crippen molar-refractivity contribution < 1.29 is 4.39 Å². The topological polar surface area (TPSA) is 65.4 Å². The quantitative estimate of drug-likeness (QED) is 0.593. The highest BCUT2D eigenvalue weighted by atomic mass is 19.1. The van der Waals surface area contributed by atoms with Gasteiger partial charge in [0.2, 0.25) is 5.95 Å². The molecule has 2 aliphatic rings. The Balaban J connectivity index is 1.44. The van der Waals surface area contributed by atoms with E-state index in [4.69, 9.17) is 9.98 Å². The lowest BCUT2D eigenvalue weighted by atomic mass is 9.93. The van der Waals surface area contributed by atoms with Gasteiger partial charge in [-0.05, 0) is 63.5 Å². The summed E-state index contributed by atoms with van der Waals surface area (Å²) in [4.78, 5) is 16.5. The van der Waals surface area contributed by atoms with Gasteiger partial charge in [-0.1, -0.05) is 42.5 Å². The lowest BCUT2D eigenvalue weighted by Crippen LogP contribution is -2.37. The summed E-state index contributed by atoms with van der Waals surface area (Å²) in [6.07, 6.45) is 5.60. The number of nitrogens with one attached hydrogen (secondary N) is 2. The second kappa shape index (κ2) is 9.67. The van der Waals surface area contributed by atoms with Crippen molar-refractivity contribution >= 4 is 23.2 Å². The number of aromatic nitrogens is 2. The minimum Gasteiger partial charge on any atom is -0.351 e. The van der Waals surface area contributed by atoms with Gasteiger partial charge in [0, 0.05) is 12.0 Å². The normalized spacial score (nSPS) is 20.7. The summed E-state index contributed by atoms with van der Waals surface area (Å²) in [5, 5.41) is 6.96. The van der Waals surface area contributed by atoms with Crippen LogP contribution in [-0.2, 0) is 6.42 Å². The van der Waals surface area contributed by atoms with E-state index < -0.39 is 0 Å². The SMILES string of the molecule is CN1CCC(Nc2ncc3c(n2)CCC(c2ccccc2)C(=Nc2ccccc2F)N3)CC1. The first kappa shape index (κ1) is 21.5. The number of amidine groups is 1. The van der Waals surface area contributed by atoms with Crippen molar-refractivity contribution in [3.63, 3.8) is 0 Å². The zero-order valence-corrected chi connectivity index (χ0v) is 18.8. The number of nitrogens with zero attached hydrogens (tertiary/aromatic N) is 4. The molecule has 0 aliphatic carbocycles. The molecule has 0 spiro atoms. The third-order valence-corrected chi connectivity index (χ3v) is 6.48. The minimum absolute atomic E-state index is 0.00490. The average molecular weight is 445 g/mol. The lowest BCUT2D eigenvalue weighted by molar-refractivity contribution is 0.263. The number of rotatable bonds is 4. The molecule has 0 radical (unpaired) electrons. The first-order valence-electron chi connectivity index (χ1n) is 11.6. The van der Waals surface area contributed by atoms with Crippen molar-refractivity contribution in [1.82, 2.24) is 14.9 Å². The molecule has 3 aromatic rings. The zero-order valence-electron chi connectivity index (χ0n) is 18.8. The van der Waals surface area contributed by atoms with Crippen LogP contribution >= 0.6 is 0 Å². The maximum Gasteiger partial charge on any atom is 0.223 e. The molecular weight excluding hydrogens is 415 g/mol. The fourth-order valence-electron chi connectivity index (χ4n) is 4.55. The van der Waals surface area contributed by atoms with E-state index in [-0.39, 0.29) is 11.7 Å². The van der Waals surface area contributed by atoms with Gasteiger partial charge in [0.1, 0.15) is 17.3 Å². The summed E-state index contributed by atoms with van der Waals surface area (Å²) < 4.78 is 14.4. The van der Waals surface area contributed by atoms with Crippen LogP contribution in [-0.4, -0.2) is 46.9 Å². The molecule has 0 bridgehead atoms. The van der Waals surface area contributed by atoms with Gasteiger partial charge in [-0.2, -0.15) is 0 Å². The number of hydrogen-bond acceptors (Lipinski definition) is 5. The van der Waals surface area contributed by atoms with Crippen LogP contribution < -0.4 is 10.6 Å². The van der Waals surface area contributed by atoms with Gasteiger partial charge in [0.05, 0.1) is 17.6 Å². The van der Waals surface area contributed by atoms with Crippen LogP contribution in [0.2, 0.25) is 0 Å². The third-order valence-electron chi connectivity index (χ3n) is 6.48. The molecule has 1 aromatic heterocycles. The Labute approximate surface area is 194 Å². The monoisotopic (exact) mass is 444 g/mol. The summed E-state index contributed by atoms with van der Waals surface area (Å²) in [5.41, 5.74) is 3.26. The van der Waals surface area contributed by atoms with Crippen molar-refractivity contribution in [2.75, 3.05) is 30.8 Å². The Morgan fingerprint density at radius 2 is 1.79 bits per heavy atom. The Kier molecular flexibility index (Phi) is 6.30. The number of para-hydroxylation sites is 1. The standard InChI is InChI=1S/C26H29FN6/c1-33-15-13-19(14-16-33)29-26-28-17-24-23(32-26)12-11-20(18-7-3-2-4-8-18)25(31-24)30-22-10-6-5-9-21(22)27/h2-10,17,19-20H,11-16H2,1H3,(H,30,31)(H,28,29,32). The van der Waals surface area contributed by atoms with Gasteiger partial charge < -0.3 is 15.5 Å². The van der Waals surface area contributed by atoms with Crippen molar-refractivity contribution in [1.29, 1.82) is 0 Å². The third kappa shape index (κ3) is 5.03. The van der Waals surface area contributed by atoms with E-state index in [1.54, 1.807) is 18.2 Å². The molecule has 2 aliphatic heterocycles. The van der Waals surface area contributed by atoms with Gasteiger partial charge in [0.15, 0.2) is 0 Å². The molecule has 170 valence electrons. The molecule has 2 N–H and O–H groups in total. The highest BCUT2D eigenvalue weighted by Gasteiger charge is 2.26.